The molecule has 2 aromatic rings. The number of benzene rings is 2. The highest BCUT2D eigenvalue weighted by atomic mass is 79.9. The van der Waals surface area contributed by atoms with Gasteiger partial charge >= 0.3 is 0 Å². The number of nitrogens with zero attached hydrogens (tertiary/aromatic N) is 1. The Hall–Kier alpha value is -1.32. The Balaban J connectivity index is 2.37. The highest BCUT2D eigenvalue weighted by Crippen LogP contribution is 2.27. The first-order chi connectivity index (χ1) is 9.31. The second kappa shape index (κ2) is 7.31. The first-order valence-electron chi connectivity index (χ1n) is 6.07. The first-order valence-corrected chi connectivity index (χ1v) is 7.33. The maximum Gasteiger partial charge on any atom is 0.0996 e. The lowest BCUT2D eigenvalue weighted by Crippen LogP contribution is -1.98. The van der Waals surface area contributed by atoms with E-state index in [0.29, 0.717) is 6.42 Å². The van der Waals surface area contributed by atoms with E-state index in [1.54, 1.807) is 5.37 Å². The van der Waals surface area contributed by atoms with Crippen molar-refractivity contribution in [1.82, 2.24) is 0 Å². The maximum absolute atomic E-state index is 4.83. The predicted molar refractivity (Wildman–Crippen MR) is 89.2 cm³/mol. The van der Waals surface area contributed by atoms with Crippen LogP contribution in [0.1, 0.15) is 23.6 Å². The van der Waals surface area contributed by atoms with Crippen LogP contribution < -0.4 is 0 Å². The van der Waals surface area contributed by atoms with Crippen LogP contribution in [0.4, 0.5) is 0 Å². The minimum absolute atomic E-state index is 0.0219. The van der Waals surface area contributed by atoms with Gasteiger partial charge in [-0.05, 0) is 28.6 Å². The maximum atomic E-state index is 4.83. The molecule has 0 heterocycles. The van der Waals surface area contributed by atoms with Gasteiger partial charge in [-0.1, -0.05) is 70.6 Å². The zero-order valence-corrected chi connectivity index (χ0v) is 12.8. The van der Waals surface area contributed by atoms with Crippen LogP contribution in [-0.2, 0) is 0 Å². The van der Waals surface area contributed by atoms with Crippen molar-refractivity contribution < 1.29 is 0 Å². The zero-order chi connectivity index (χ0) is 13.5. The van der Waals surface area contributed by atoms with Crippen molar-refractivity contribution in [3.63, 3.8) is 0 Å². The molecule has 2 aromatic carbocycles. The van der Waals surface area contributed by atoms with Gasteiger partial charge in [0.25, 0.3) is 0 Å². The molecule has 0 aliphatic heterocycles. The van der Waals surface area contributed by atoms with Crippen LogP contribution in [0.25, 0.3) is 0 Å². The van der Waals surface area contributed by atoms with E-state index in [4.69, 9.17) is 12.2 Å². The number of halogens is 1. The Morgan fingerprint density at radius 1 is 1.05 bits per heavy atom. The fourth-order valence-electron chi connectivity index (χ4n) is 1.89. The Bertz CT molecular complexity index is 566. The molecule has 0 saturated carbocycles. The number of aliphatic imine (C=N–C) groups is 1. The Morgan fingerprint density at radius 2 is 1.79 bits per heavy atom. The predicted octanol–water partition coefficient (Wildman–Crippen LogP) is 5.00. The summed E-state index contributed by atoms with van der Waals surface area (Å²) in [6.07, 6.45) is 2.60. The molecule has 19 heavy (non-hydrogen) atoms. The second-order valence-electron chi connectivity index (χ2n) is 4.10. The van der Waals surface area contributed by atoms with Gasteiger partial charge in [0.1, 0.15) is 0 Å². The quantitative estimate of drug-likeness (QED) is 0.554. The zero-order valence-electron chi connectivity index (χ0n) is 10.4. The second-order valence-corrected chi connectivity index (χ2v) is 5.35. The molecule has 0 aliphatic rings. The lowest BCUT2D eigenvalue weighted by Gasteiger charge is -2.13. The summed E-state index contributed by atoms with van der Waals surface area (Å²) in [4.78, 5) is 4.65. The molecule has 1 unspecified atom stereocenters. The number of rotatable bonds is 5. The molecule has 1 nitrogen and oxygen atoms in total. The standard InChI is InChI=1S/C16H14BrNS/c17-15-9-4-8-14(12-15)16(18-10-5-11-19)13-6-2-1-3-7-13/h1-4,6-12,16H,5H2. The first kappa shape index (κ1) is 14.1. The van der Waals surface area contributed by atoms with Gasteiger partial charge in [0.2, 0.25) is 0 Å². The molecule has 2 rings (SSSR count). The van der Waals surface area contributed by atoms with Crippen molar-refractivity contribution in [1.29, 1.82) is 0 Å². The molecular formula is C16H14BrNS. The summed E-state index contributed by atoms with van der Waals surface area (Å²) < 4.78 is 1.07. The minimum Gasteiger partial charge on any atom is -0.284 e. The Morgan fingerprint density at radius 3 is 2.47 bits per heavy atom. The average Bonchev–Trinajstić information content (AvgIpc) is 2.45. The van der Waals surface area contributed by atoms with E-state index in [2.05, 4.69) is 45.2 Å². The lowest BCUT2D eigenvalue weighted by atomic mass is 9.99. The molecule has 0 aliphatic carbocycles. The van der Waals surface area contributed by atoms with Gasteiger partial charge in [-0.2, -0.15) is 0 Å². The average molecular weight is 332 g/mol. The van der Waals surface area contributed by atoms with Crippen molar-refractivity contribution in [3.8, 4) is 0 Å². The van der Waals surface area contributed by atoms with Gasteiger partial charge in [0.05, 0.1) is 6.04 Å². The third kappa shape index (κ3) is 4.08. The van der Waals surface area contributed by atoms with Gasteiger partial charge in [-0.25, -0.2) is 0 Å². The highest BCUT2D eigenvalue weighted by molar-refractivity contribution is 9.10. The third-order valence-corrected chi connectivity index (χ3v) is 3.42. The normalized spacial score (nSPS) is 12.5. The summed E-state index contributed by atoms with van der Waals surface area (Å²) in [5, 5.41) is 1.69. The van der Waals surface area contributed by atoms with Gasteiger partial charge in [-0.3, -0.25) is 4.99 Å². The minimum atomic E-state index is 0.0219. The summed E-state index contributed by atoms with van der Waals surface area (Å²) in [6, 6.07) is 18.6. The largest absolute Gasteiger partial charge is 0.284 e. The van der Waals surface area contributed by atoms with Crippen molar-refractivity contribution >= 4 is 39.7 Å². The lowest BCUT2D eigenvalue weighted by molar-refractivity contribution is 0.875. The van der Waals surface area contributed by atoms with Gasteiger partial charge < -0.3 is 0 Å². The summed E-state index contributed by atoms with van der Waals surface area (Å²) >= 11 is 8.34. The monoisotopic (exact) mass is 331 g/mol. The summed E-state index contributed by atoms with van der Waals surface area (Å²) in [5.74, 6) is 0. The van der Waals surface area contributed by atoms with Crippen LogP contribution >= 0.6 is 28.1 Å². The summed E-state index contributed by atoms with van der Waals surface area (Å²) in [7, 11) is 0. The van der Waals surface area contributed by atoms with Crippen LogP contribution in [0.2, 0.25) is 0 Å². The van der Waals surface area contributed by atoms with Gasteiger partial charge in [0.15, 0.2) is 0 Å². The molecule has 0 spiro atoms. The van der Waals surface area contributed by atoms with Crippen LogP contribution in [0, 0.1) is 0 Å². The molecule has 0 N–H and O–H groups in total. The molecule has 0 bridgehead atoms. The SMILES string of the molecule is S=CCC=NC(c1ccccc1)c1cccc(Br)c1. The van der Waals surface area contributed by atoms with Crippen molar-refractivity contribution in [2.24, 2.45) is 4.99 Å². The summed E-state index contributed by atoms with van der Waals surface area (Å²) in [5.41, 5.74) is 2.35. The molecule has 0 amide bonds. The van der Waals surface area contributed by atoms with Crippen molar-refractivity contribution in [2.45, 2.75) is 12.5 Å². The van der Waals surface area contributed by atoms with E-state index in [1.165, 1.54) is 11.1 Å². The van der Waals surface area contributed by atoms with Crippen molar-refractivity contribution in [3.05, 3.63) is 70.2 Å². The third-order valence-electron chi connectivity index (χ3n) is 2.74. The molecule has 0 fully saturated rings. The van der Waals surface area contributed by atoms with E-state index in [9.17, 15) is 0 Å². The fourth-order valence-corrected chi connectivity index (χ4v) is 2.39. The van der Waals surface area contributed by atoms with E-state index < -0.39 is 0 Å². The van der Waals surface area contributed by atoms with Crippen LogP contribution in [0.3, 0.4) is 0 Å². The highest BCUT2D eigenvalue weighted by Gasteiger charge is 2.11. The molecular weight excluding hydrogens is 318 g/mol. The molecule has 0 radical (unpaired) electrons. The van der Waals surface area contributed by atoms with E-state index >= 15 is 0 Å². The van der Waals surface area contributed by atoms with Crippen LogP contribution in [0.5, 0.6) is 0 Å². The smallest absolute Gasteiger partial charge is 0.0996 e. The fraction of sp³-hybridized carbons (Fsp3) is 0.125. The number of thiocarbonyl (C=S) groups is 1. The number of hydrogen-bond acceptors (Lipinski definition) is 2. The molecule has 0 saturated heterocycles. The topological polar surface area (TPSA) is 12.4 Å². The van der Waals surface area contributed by atoms with E-state index in [-0.39, 0.29) is 6.04 Å². The molecule has 96 valence electrons. The van der Waals surface area contributed by atoms with Crippen molar-refractivity contribution in [2.75, 3.05) is 0 Å². The van der Waals surface area contributed by atoms with Crippen LogP contribution in [-0.4, -0.2) is 11.6 Å². The van der Waals surface area contributed by atoms with E-state index in [0.717, 1.165) is 4.47 Å². The molecule has 3 heteroatoms. The van der Waals surface area contributed by atoms with E-state index in [1.807, 2.05) is 36.5 Å². The van der Waals surface area contributed by atoms with Gasteiger partial charge in [0, 0.05) is 17.1 Å². The summed E-state index contributed by atoms with van der Waals surface area (Å²) in [6.45, 7) is 0. The molecule has 1 atom stereocenters. The molecule has 0 aromatic heterocycles. The van der Waals surface area contributed by atoms with Gasteiger partial charge in [-0.15, -0.1) is 0 Å². The Kier molecular flexibility index (Phi) is 5.43. The Labute approximate surface area is 127 Å². The number of hydrogen-bond donors (Lipinski definition) is 0. The van der Waals surface area contributed by atoms with Crippen LogP contribution in [0.15, 0.2) is 64.1 Å².